The number of alkyl halides is 3. The maximum atomic E-state index is 12.5. The fraction of sp³-hybridized carbons (Fsp3) is 0.455. The number of rotatable bonds is 3. The Labute approximate surface area is 97.0 Å². The van der Waals surface area contributed by atoms with E-state index in [4.69, 9.17) is 10.5 Å². The van der Waals surface area contributed by atoms with Crippen molar-refractivity contribution in [1.82, 2.24) is 0 Å². The van der Waals surface area contributed by atoms with Crippen LogP contribution in [0.5, 0.6) is 5.75 Å². The van der Waals surface area contributed by atoms with E-state index in [2.05, 4.69) is 0 Å². The quantitative estimate of drug-likeness (QED) is 0.862. The van der Waals surface area contributed by atoms with Gasteiger partial charge in [0, 0.05) is 11.6 Å². The zero-order valence-corrected chi connectivity index (χ0v) is 9.45. The number of ether oxygens (including phenoxy) is 1. The number of benzene rings is 1. The minimum atomic E-state index is -4.44. The zero-order chi connectivity index (χ0) is 13.2. The summed E-state index contributed by atoms with van der Waals surface area (Å²) < 4.78 is 42.2. The highest BCUT2D eigenvalue weighted by Gasteiger charge is 2.32. The van der Waals surface area contributed by atoms with Gasteiger partial charge in [-0.05, 0) is 19.1 Å². The lowest BCUT2D eigenvalue weighted by molar-refractivity contribution is -0.137. The minimum Gasteiger partial charge on any atom is -0.496 e. The summed E-state index contributed by atoms with van der Waals surface area (Å²) in [5.41, 5.74) is 4.91. The summed E-state index contributed by atoms with van der Waals surface area (Å²) >= 11 is 0. The molecule has 96 valence electrons. The van der Waals surface area contributed by atoms with Gasteiger partial charge in [-0.15, -0.1) is 0 Å². The third kappa shape index (κ3) is 3.10. The van der Waals surface area contributed by atoms with E-state index in [1.54, 1.807) is 6.92 Å². The Balaban J connectivity index is 3.19. The van der Waals surface area contributed by atoms with E-state index in [0.717, 1.165) is 12.1 Å². The summed E-state index contributed by atoms with van der Waals surface area (Å²) in [6, 6.07) is 2.32. The molecule has 0 fully saturated rings. The van der Waals surface area contributed by atoms with Crippen molar-refractivity contribution in [2.45, 2.75) is 25.2 Å². The first kappa shape index (κ1) is 13.8. The number of nitrogens with two attached hydrogens (primary N) is 1. The van der Waals surface area contributed by atoms with E-state index in [0.29, 0.717) is 0 Å². The smallest absolute Gasteiger partial charge is 0.416 e. The van der Waals surface area contributed by atoms with Gasteiger partial charge >= 0.3 is 6.18 Å². The second-order valence-electron chi connectivity index (χ2n) is 3.76. The van der Waals surface area contributed by atoms with Gasteiger partial charge in [0.25, 0.3) is 0 Å². The van der Waals surface area contributed by atoms with Gasteiger partial charge in [-0.25, -0.2) is 0 Å². The monoisotopic (exact) mass is 249 g/mol. The molecule has 1 rings (SSSR count). The number of hydrogen-bond acceptors (Lipinski definition) is 3. The van der Waals surface area contributed by atoms with Crippen LogP contribution in [0.2, 0.25) is 0 Å². The van der Waals surface area contributed by atoms with Gasteiger partial charge in [0.2, 0.25) is 0 Å². The molecule has 0 saturated heterocycles. The third-order valence-electron chi connectivity index (χ3n) is 2.38. The number of halogens is 3. The SMILES string of the molecule is COc1cc(C(F)(F)F)ccc1[C@H](O)[C@@H](C)N. The fourth-order valence-electron chi connectivity index (χ4n) is 1.42. The van der Waals surface area contributed by atoms with Gasteiger partial charge < -0.3 is 15.6 Å². The molecule has 0 unspecified atom stereocenters. The van der Waals surface area contributed by atoms with E-state index >= 15 is 0 Å². The van der Waals surface area contributed by atoms with Crippen LogP contribution in [0, 0.1) is 0 Å². The van der Waals surface area contributed by atoms with Crippen LogP contribution < -0.4 is 10.5 Å². The molecule has 6 heteroatoms. The lowest BCUT2D eigenvalue weighted by Crippen LogP contribution is -2.25. The molecule has 3 N–H and O–H groups in total. The average molecular weight is 249 g/mol. The van der Waals surface area contributed by atoms with Crippen LogP contribution in [-0.4, -0.2) is 18.3 Å². The molecular formula is C11H14F3NO2. The van der Waals surface area contributed by atoms with Crippen molar-refractivity contribution < 1.29 is 23.0 Å². The van der Waals surface area contributed by atoms with Crippen LogP contribution in [0.25, 0.3) is 0 Å². The van der Waals surface area contributed by atoms with Crippen LogP contribution in [0.3, 0.4) is 0 Å². The normalized spacial score (nSPS) is 15.5. The Hall–Kier alpha value is -1.27. The zero-order valence-electron chi connectivity index (χ0n) is 9.45. The van der Waals surface area contributed by atoms with Crippen molar-refractivity contribution in [2.75, 3.05) is 7.11 Å². The van der Waals surface area contributed by atoms with E-state index < -0.39 is 23.9 Å². The van der Waals surface area contributed by atoms with E-state index in [9.17, 15) is 18.3 Å². The Morgan fingerprint density at radius 3 is 2.35 bits per heavy atom. The molecular weight excluding hydrogens is 235 g/mol. The molecule has 3 nitrogen and oxygen atoms in total. The van der Waals surface area contributed by atoms with Crippen LogP contribution in [0.1, 0.15) is 24.2 Å². The summed E-state index contributed by atoms with van der Waals surface area (Å²) in [6.45, 7) is 1.56. The predicted octanol–water partition coefficient (Wildman–Crippen LogP) is 2.09. The highest BCUT2D eigenvalue weighted by atomic mass is 19.4. The first-order valence-electron chi connectivity index (χ1n) is 4.96. The van der Waals surface area contributed by atoms with Crippen molar-refractivity contribution in [3.8, 4) is 5.75 Å². The topological polar surface area (TPSA) is 55.5 Å². The largest absolute Gasteiger partial charge is 0.496 e. The molecule has 1 aromatic rings. The standard InChI is InChI=1S/C11H14F3NO2/c1-6(15)10(16)8-4-3-7(11(12,13)14)5-9(8)17-2/h3-6,10,16H,15H2,1-2H3/t6-,10-/m1/s1. The van der Waals surface area contributed by atoms with Crippen molar-refractivity contribution >= 4 is 0 Å². The molecule has 0 aliphatic carbocycles. The van der Waals surface area contributed by atoms with Crippen molar-refractivity contribution in [1.29, 1.82) is 0 Å². The second-order valence-corrected chi connectivity index (χ2v) is 3.76. The van der Waals surface area contributed by atoms with E-state index in [1.165, 1.54) is 13.2 Å². The van der Waals surface area contributed by atoms with Crippen molar-refractivity contribution in [3.05, 3.63) is 29.3 Å². The Kier molecular flexibility index (Phi) is 4.00. The van der Waals surface area contributed by atoms with Crippen molar-refractivity contribution in [3.63, 3.8) is 0 Å². The van der Waals surface area contributed by atoms with Gasteiger partial charge in [0.1, 0.15) is 5.75 Å². The molecule has 0 heterocycles. The lowest BCUT2D eigenvalue weighted by Gasteiger charge is -2.19. The maximum absolute atomic E-state index is 12.5. The molecule has 1 aromatic carbocycles. The maximum Gasteiger partial charge on any atom is 0.416 e. The van der Waals surface area contributed by atoms with Crippen molar-refractivity contribution in [2.24, 2.45) is 5.73 Å². The minimum absolute atomic E-state index is 0.0235. The molecule has 0 spiro atoms. The molecule has 0 radical (unpaired) electrons. The average Bonchev–Trinajstić information content (AvgIpc) is 2.25. The van der Waals surface area contributed by atoms with E-state index in [1.807, 2.05) is 0 Å². The summed E-state index contributed by atoms with van der Waals surface area (Å²) in [7, 11) is 1.24. The molecule has 17 heavy (non-hydrogen) atoms. The van der Waals surface area contributed by atoms with Crippen LogP contribution in [0.4, 0.5) is 13.2 Å². The van der Waals surface area contributed by atoms with Gasteiger partial charge in [-0.2, -0.15) is 13.2 Å². The molecule has 0 aliphatic rings. The Bertz CT molecular complexity index is 391. The lowest BCUT2D eigenvalue weighted by atomic mass is 10.0. The van der Waals surface area contributed by atoms with Crippen LogP contribution >= 0.6 is 0 Å². The van der Waals surface area contributed by atoms with Crippen LogP contribution in [0.15, 0.2) is 18.2 Å². The number of aliphatic hydroxyl groups excluding tert-OH is 1. The van der Waals surface area contributed by atoms with E-state index in [-0.39, 0.29) is 11.3 Å². The summed E-state index contributed by atoms with van der Waals surface area (Å²) in [4.78, 5) is 0. The van der Waals surface area contributed by atoms with Gasteiger partial charge in [0.15, 0.2) is 0 Å². The van der Waals surface area contributed by atoms with Gasteiger partial charge in [-0.3, -0.25) is 0 Å². The summed E-state index contributed by atoms with van der Waals surface area (Å²) in [5.74, 6) is -0.0235. The fourth-order valence-corrected chi connectivity index (χ4v) is 1.42. The predicted molar refractivity (Wildman–Crippen MR) is 56.6 cm³/mol. The Morgan fingerprint density at radius 2 is 1.94 bits per heavy atom. The molecule has 2 atom stereocenters. The molecule has 0 aliphatic heterocycles. The number of hydrogen-bond donors (Lipinski definition) is 2. The van der Waals surface area contributed by atoms with Gasteiger partial charge in [-0.1, -0.05) is 6.07 Å². The summed E-state index contributed by atoms with van der Waals surface area (Å²) in [5, 5.41) is 9.72. The highest BCUT2D eigenvalue weighted by Crippen LogP contribution is 2.35. The second kappa shape index (κ2) is 4.93. The Morgan fingerprint density at radius 1 is 1.35 bits per heavy atom. The number of methoxy groups -OCH3 is 1. The van der Waals surface area contributed by atoms with Gasteiger partial charge in [0.05, 0.1) is 18.8 Å². The third-order valence-corrected chi connectivity index (χ3v) is 2.38. The first-order valence-corrected chi connectivity index (χ1v) is 4.96. The summed E-state index contributed by atoms with van der Waals surface area (Å²) in [6.07, 6.45) is -5.50. The molecule has 0 bridgehead atoms. The van der Waals surface area contributed by atoms with Crippen LogP contribution in [-0.2, 0) is 6.18 Å². The highest BCUT2D eigenvalue weighted by molar-refractivity contribution is 5.40. The molecule has 0 aromatic heterocycles. The molecule has 0 amide bonds. The number of aliphatic hydroxyl groups is 1. The molecule has 0 saturated carbocycles. The first-order chi connectivity index (χ1) is 7.77.